The zero-order valence-corrected chi connectivity index (χ0v) is 15.2. The van der Waals surface area contributed by atoms with E-state index < -0.39 is 0 Å². The summed E-state index contributed by atoms with van der Waals surface area (Å²) in [6.07, 6.45) is 1.93. The second kappa shape index (κ2) is 7.27. The van der Waals surface area contributed by atoms with Gasteiger partial charge < -0.3 is 0 Å². The van der Waals surface area contributed by atoms with Crippen LogP contribution in [0.25, 0.3) is 0 Å². The van der Waals surface area contributed by atoms with Gasteiger partial charge in [-0.05, 0) is 29.8 Å². The van der Waals surface area contributed by atoms with E-state index in [2.05, 4.69) is 20.0 Å². The Hall–Kier alpha value is -2.70. The van der Waals surface area contributed by atoms with Gasteiger partial charge in [0.1, 0.15) is 5.69 Å². The number of nitrogens with zero attached hydrogens (tertiary/aromatic N) is 4. The molecule has 3 aromatic rings. The summed E-state index contributed by atoms with van der Waals surface area (Å²) >= 11 is 7.44. The van der Waals surface area contributed by atoms with Crippen molar-refractivity contribution >= 4 is 40.3 Å². The number of pyridine rings is 1. The number of Topliss-reactive ketones (excluding diaryl/α,β-unsaturated/α-hetero) is 1. The predicted octanol–water partition coefficient (Wildman–Crippen LogP) is 3.87. The van der Waals surface area contributed by atoms with Gasteiger partial charge >= 0.3 is 0 Å². The lowest BCUT2D eigenvalue weighted by molar-refractivity contribution is 0.0988. The fourth-order valence-electron chi connectivity index (χ4n) is 2.59. The molecule has 1 aliphatic rings. The molecule has 0 atom stereocenters. The number of carbonyl (C=O) groups is 1. The van der Waals surface area contributed by atoms with Gasteiger partial charge in [-0.2, -0.15) is 0 Å². The van der Waals surface area contributed by atoms with Crippen molar-refractivity contribution < 1.29 is 4.79 Å². The number of aliphatic imine (C=N–C) groups is 2. The number of halogens is 1. The SMILES string of the molecule is O=C(Cc1ccc(C2=NCC(c3cccc(Cl)c3)=N2)cn1)c1cscn1. The minimum absolute atomic E-state index is 0.0361. The highest BCUT2D eigenvalue weighted by Crippen LogP contribution is 2.16. The zero-order chi connectivity index (χ0) is 17.9. The quantitative estimate of drug-likeness (QED) is 0.631. The predicted molar refractivity (Wildman–Crippen MR) is 104 cm³/mol. The minimum atomic E-state index is -0.0361. The van der Waals surface area contributed by atoms with Crippen LogP contribution in [-0.4, -0.2) is 33.8 Å². The first-order chi connectivity index (χ1) is 12.7. The Morgan fingerprint density at radius 1 is 1.15 bits per heavy atom. The van der Waals surface area contributed by atoms with Crippen LogP contribution >= 0.6 is 22.9 Å². The molecule has 0 aliphatic carbocycles. The van der Waals surface area contributed by atoms with E-state index in [1.165, 1.54) is 11.3 Å². The molecule has 0 saturated heterocycles. The van der Waals surface area contributed by atoms with Gasteiger partial charge in [-0.25, -0.2) is 9.98 Å². The van der Waals surface area contributed by atoms with Crippen LogP contribution in [0.5, 0.6) is 0 Å². The van der Waals surface area contributed by atoms with Crippen LogP contribution in [0.3, 0.4) is 0 Å². The van der Waals surface area contributed by atoms with Crippen LogP contribution in [0.15, 0.2) is 63.5 Å². The third-order valence-electron chi connectivity index (χ3n) is 3.92. The maximum absolute atomic E-state index is 12.1. The molecular weight excluding hydrogens is 368 g/mol. The third-order valence-corrected chi connectivity index (χ3v) is 4.74. The standard InChI is InChI=1S/C19H13ClN4OS/c20-14-3-1-2-12(6-14)16-9-22-19(24-16)13-4-5-15(21-8-13)7-18(25)17-10-26-11-23-17/h1-6,8,10-11H,7,9H2. The van der Waals surface area contributed by atoms with Crippen molar-refractivity contribution in [3.63, 3.8) is 0 Å². The van der Waals surface area contributed by atoms with E-state index in [-0.39, 0.29) is 12.2 Å². The first-order valence-electron chi connectivity index (χ1n) is 7.94. The number of carbonyl (C=O) groups excluding carboxylic acids is 1. The molecule has 0 N–H and O–H groups in total. The van der Waals surface area contributed by atoms with Gasteiger partial charge in [0.05, 0.1) is 24.2 Å². The Morgan fingerprint density at radius 3 is 2.81 bits per heavy atom. The lowest BCUT2D eigenvalue weighted by atomic mass is 10.1. The molecule has 2 aromatic heterocycles. The first kappa shape index (κ1) is 16.8. The maximum Gasteiger partial charge on any atom is 0.187 e. The van der Waals surface area contributed by atoms with Gasteiger partial charge in [0.2, 0.25) is 0 Å². The molecule has 3 heterocycles. The minimum Gasteiger partial charge on any atom is -0.292 e. The summed E-state index contributed by atoms with van der Waals surface area (Å²) in [5.74, 6) is 0.607. The van der Waals surface area contributed by atoms with Crippen molar-refractivity contribution in [3.8, 4) is 0 Å². The Bertz CT molecular complexity index is 1010. The van der Waals surface area contributed by atoms with E-state index in [1.807, 2.05) is 36.4 Å². The highest BCUT2D eigenvalue weighted by molar-refractivity contribution is 7.07. The lowest BCUT2D eigenvalue weighted by Crippen LogP contribution is -2.06. The van der Waals surface area contributed by atoms with Gasteiger partial charge in [-0.3, -0.25) is 14.8 Å². The monoisotopic (exact) mass is 380 g/mol. The number of ketones is 1. The van der Waals surface area contributed by atoms with Crippen LogP contribution < -0.4 is 0 Å². The van der Waals surface area contributed by atoms with Crippen molar-refractivity contribution in [1.82, 2.24) is 9.97 Å². The fourth-order valence-corrected chi connectivity index (χ4v) is 3.34. The lowest BCUT2D eigenvalue weighted by Gasteiger charge is -2.01. The van der Waals surface area contributed by atoms with E-state index in [4.69, 9.17) is 11.6 Å². The van der Waals surface area contributed by atoms with Gasteiger partial charge in [0.15, 0.2) is 11.6 Å². The average Bonchev–Trinajstić information content (AvgIpc) is 3.35. The van der Waals surface area contributed by atoms with Crippen molar-refractivity contribution in [2.75, 3.05) is 6.54 Å². The number of benzene rings is 1. The number of aromatic nitrogens is 2. The molecule has 0 fully saturated rings. The number of thiazole rings is 1. The molecule has 5 nitrogen and oxygen atoms in total. The van der Waals surface area contributed by atoms with E-state index in [9.17, 15) is 4.79 Å². The van der Waals surface area contributed by atoms with Crippen LogP contribution in [0.4, 0.5) is 0 Å². The molecule has 0 unspecified atom stereocenters. The zero-order valence-electron chi connectivity index (χ0n) is 13.6. The molecule has 0 amide bonds. The van der Waals surface area contributed by atoms with Crippen LogP contribution in [0, 0.1) is 0 Å². The van der Waals surface area contributed by atoms with Crippen molar-refractivity contribution in [2.45, 2.75) is 6.42 Å². The Labute approximate surface area is 159 Å². The van der Waals surface area contributed by atoms with Crippen LogP contribution in [-0.2, 0) is 6.42 Å². The van der Waals surface area contributed by atoms with Crippen molar-refractivity contribution in [1.29, 1.82) is 0 Å². The molecule has 4 rings (SSSR count). The largest absolute Gasteiger partial charge is 0.292 e. The Morgan fingerprint density at radius 2 is 2.08 bits per heavy atom. The second-order valence-electron chi connectivity index (χ2n) is 5.72. The molecular formula is C19H13ClN4OS. The highest BCUT2D eigenvalue weighted by atomic mass is 35.5. The van der Waals surface area contributed by atoms with Crippen molar-refractivity contribution in [3.05, 3.63) is 81.0 Å². The summed E-state index contributed by atoms with van der Waals surface area (Å²) in [7, 11) is 0. The molecule has 0 spiro atoms. The summed E-state index contributed by atoms with van der Waals surface area (Å²) in [5.41, 5.74) is 5.50. The maximum atomic E-state index is 12.1. The number of rotatable bonds is 5. The van der Waals surface area contributed by atoms with Gasteiger partial charge in [-0.1, -0.05) is 23.7 Å². The summed E-state index contributed by atoms with van der Waals surface area (Å²) in [4.78, 5) is 29.6. The van der Waals surface area contributed by atoms with Crippen LogP contribution in [0.1, 0.15) is 27.3 Å². The Kier molecular flexibility index (Phi) is 4.69. The molecule has 0 radical (unpaired) electrons. The van der Waals surface area contributed by atoms with Crippen LogP contribution in [0.2, 0.25) is 5.02 Å². The third kappa shape index (κ3) is 3.61. The topological polar surface area (TPSA) is 67.6 Å². The van der Waals surface area contributed by atoms with E-state index in [0.29, 0.717) is 28.8 Å². The van der Waals surface area contributed by atoms with E-state index >= 15 is 0 Å². The molecule has 0 saturated carbocycles. The van der Waals surface area contributed by atoms with E-state index in [1.54, 1.807) is 17.1 Å². The fraction of sp³-hybridized carbons (Fsp3) is 0.105. The summed E-state index contributed by atoms with van der Waals surface area (Å²) in [5, 5.41) is 2.42. The second-order valence-corrected chi connectivity index (χ2v) is 6.88. The van der Waals surface area contributed by atoms with Gasteiger partial charge in [0.25, 0.3) is 0 Å². The summed E-state index contributed by atoms with van der Waals surface area (Å²) in [6.45, 7) is 0.514. The number of amidine groups is 1. The smallest absolute Gasteiger partial charge is 0.187 e. The Balaban J connectivity index is 1.48. The highest BCUT2D eigenvalue weighted by Gasteiger charge is 2.15. The molecule has 128 valence electrons. The molecule has 1 aromatic carbocycles. The molecule has 7 heteroatoms. The van der Waals surface area contributed by atoms with Gasteiger partial charge in [0, 0.05) is 27.9 Å². The average molecular weight is 381 g/mol. The van der Waals surface area contributed by atoms with E-state index in [0.717, 1.165) is 16.8 Å². The molecule has 1 aliphatic heterocycles. The van der Waals surface area contributed by atoms with Gasteiger partial charge in [-0.15, -0.1) is 11.3 Å². The summed E-state index contributed by atoms with van der Waals surface area (Å²) < 4.78 is 0. The normalized spacial score (nSPS) is 13.4. The first-order valence-corrected chi connectivity index (χ1v) is 9.26. The molecule has 26 heavy (non-hydrogen) atoms. The number of hydrogen-bond acceptors (Lipinski definition) is 6. The van der Waals surface area contributed by atoms with Crippen molar-refractivity contribution in [2.24, 2.45) is 9.98 Å². The number of hydrogen-bond donors (Lipinski definition) is 0. The molecule has 0 bridgehead atoms. The summed E-state index contributed by atoms with van der Waals surface area (Å²) in [6, 6.07) is 11.3.